The maximum atomic E-state index is 14.2. The molecule has 15 unspecified atom stereocenters. The van der Waals surface area contributed by atoms with Crippen LogP contribution in [0.4, 0.5) is 0 Å². The molecule has 0 radical (unpaired) electrons. The smallest absolute Gasteiger partial charge is 0.329 e. The minimum absolute atomic E-state index is 0.0920. The predicted octanol–water partition coefficient (Wildman–Crippen LogP) is 7.48. The van der Waals surface area contributed by atoms with Crippen LogP contribution in [0.3, 0.4) is 0 Å². The number of aliphatic hydroxyl groups excluding tert-OH is 2. The van der Waals surface area contributed by atoms with Crippen molar-refractivity contribution < 1.29 is 58.1 Å². The minimum atomic E-state index is -2.40. The first kappa shape index (κ1) is 51.5. The number of rotatable bonds is 4. The zero-order chi connectivity index (χ0) is 46.8. The van der Waals surface area contributed by atoms with Crippen molar-refractivity contribution in [3.05, 3.63) is 34.9 Å². The van der Waals surface area contributed by atoms with Crippen LogP contribution in [0.1, 0.15) is 154 Å². The van der Waals surface area contributed by atoms with Gasteiger partial charge in [0.15, 0.2) is 11.6 Å². The molecule has 3 N–H and O–H groups in total. The lowest BCUT2D eigenvalue weighted by molar-refractivity contribution is -0.341. The maximum absolute atomic E-state index is 14.2. The standard InChI is InChI=1S/C50H81NO12/c1-14-36-18-20-40(31(5)24-29(3)35(9)52)58-47(56)39-16-15-21-51(39)46(55)45(54)50(57)33(7)17-19-37(60-50)25-42-34(8)43(63-49(12,13)62-42)27-38-26-41(61-48(10,11)59-38)30(4)22-28(2)23-32(6)44(36)53/h18,22,24,28-29,32-35,37-44,52-53,57H,14-17,19-21,23,25-27H2,1-13H3. The summed E-state index contributed by atoms with van der Waals surface area (Å²) in [5.74, 6) is -7.89. The molecular weight excluding hydrogens is 807 g/mol. The first-order chi connectivity index (χ1) is 29.3. The van der Waals surface area contributed by atoms with Crippen molar-refractivity contribution in [2.24, 2.45) is 29.6 Å². The molecule has 5 aliphatic heterocycles. The topological polar surface area (TPSA) is 171 Å². The first-order valence-electron chi connectivity index (χ1n) is 23.9. The second-order valence-electron chi connectivity index (χ2n) is 20.8. The molecule has 5 rings (SSSR count). The number of aliphatic hydroxyl groups is 3. The second kappa shape index (κ2) is 21.0. The molecule has 0 spiro atoms. The summed E-state index contributed by atoms with van der Waals surface area (Å²) in [5, 5.41) is 34.1. The zero-order valence-electron chi connectivity index (χ0n) is 40.6. The summed E-state index contributed by atoms with van der Waals surface area (Å²) in [6.07, 6.45) is 7.30. The highest BCUT2D eigenvalue weighted by Crippen LogP contribution is 2.42. The summed E-state index contributed by atoms with van der Waals surface area (Å²) in [6.45, 7) is 25.3. The molecule has 5 heterocycles. The number of nitrogens with zero attached hydrogens (tertiary/aromatic N) is 1. The third-order valence-corrected chi connectivity index (χ3v) is 14.4. The van der Waals surface area contributed by atoms with Gasteiger partial charge in [-0.1, -0.05) is 59.8 Å². The van der Waals surface area contributed by atoms with Gasteiger partial charge in [-0.05, 0) is 116 Å². The predicted molar refractivity (Wildman–Crippen MR) is 239 cm³/mol. The fourth-order valence-corrected chi connectivity index (χ4v) is 10.5. The van der Waals surface area contributed by atoms with Gasteiger partial charge in [0.05, 0.1) is 42.7 Å². The molecule has 358 valence electrons. The van der Waals surface area contributed by atoms with Crippen molar-refractivity contribution in [2.75, 3.05) is 6.54 Å². The van der Waals surface area contributed by atoms with Crippen LogP contribution in [-0.4, -0.2) is 117 Å². The summed E-state index contributed by atoms with van der Waals surface area (Å²) in [7, 11) is 0. The molecule has 5 aliphatic rings. The van der Waals surface area contributed by atoms with Gasteiger partial charge in [0.25, 0.3) is 11.7 Å². The Morgan fingerprint density at radius 3 is 2.16 bits per heavy atom. The molecule has 0 aliphatic carbocycles. The van der Waals surface area contributed by atoms with Crippen LogP contribution in [0.25, 0.3) is 0 Å². The van der Waals surface area contributed by atoms with E-state index in [1.165, 1.54) is 4.90 Å². The van der Waals surface area contributed by atoms with Crippen LogP contribution in [0.15, 0.2) is 34.9 Å². The molecule has 6 bridgehead atoms. The molecule has 63 heavy (non-hydrogen) atoms. The summed E-state index contributed by atoms with van der Waals surface area (Å²) >= 11 is 0. The lowest BCUT2D eigenvalue weighted by atomic mass is 9.82. The largest absolute Gasteiger partial charge is 0.456 e. The Morgan fingerprint density at radius 2 is 1.52 bits per heavy atom. The van der Waals surface area contributed by atoms with Gasteiger partial charge in [-0.25, -0.2) is 4.79 Å². The number of ether oxygens (including phenoxy) is 6. The van der Waals surface area contributed by atoms with E-state index >= 15 is 0 Å². The maximum Gasteiger partial charge on any atom is 0.329 e. The highest BCUT2D eigenvalue weighted by Gasteiger charge is 2.54. The molecular formula is C50H81NO12. The molecule has 0 aromatic carbocycles. The average Bonchev–Trinajstić information content (AvgIpc) is 3.69. The number of esters is 1. The normalized spacial score (nSPS) is 40.2. The summed E-state index contributed by atoms with van der Waals surface area (Å²) < 4.78 is 38.7. The van der Waals surface area contributed by atoms with Crippen molar-refractivity contribution in [3.63, 3.8) is 0 Å². The van der Waals surface area contributed by atoms with Crippen LogP contribution in [0.5, 0.6) is 0 Å². The van der Waals surface area contributed by atoms with Crippen molar-refractivity contribution in [1.29, 1.82) is 0 Å². The lowest BCUT2D eigenvalue weighted by Crippen LogP contribution is -2.60. The number of Topliss-reactive ketones (excluding diaryl/α,β-unsaturated/α-hetero) is 1. The third-order valence-electron chi connectivity index (χ3n) is 14.4. The Balaban J connectivity index is 1.51. The van der Waals surface area contributed by atoms with Gasteiger partial charge in [0, 0.05) is 50.0 Å². The van der Waals surface area contributed by atoms with Crippen molar-refractivity contribution in [2.45, 2.75) is 226 Å². The summed E-state index contributed by atoms with van der Waals surface area (Å²) in [5.41, 5.74) is 2.66. The SMILES string of the molecule is CCC1=CCC(C(C)=CC(C)C(C)O)OC(=O)C2CCCN2C(=O)C(=O)C2(O)OC(CCC2C)CC2OC(C)(C)OC(CC3CC(OC(C)(C)O3)C(C)=CC(C)CC(C)C1O)C2C. The van der Waals surface area contributed by atoms with E-state index in [2.05, 4.69) is 33.8 Å². The Morgan fingerprint density at radius 1 is 0.889 bits per heavy atom. The van der Waals surface area contributed by atoms with E-state index in [4.69, 9.17) is 28.4 Å². The van der Waals surface area contributed by atoms with Crippen LogP contribution >= 0.6 is 0 Å². The first-order valence-corrected chi connectivity index (χ1v) is 23.9. The minimum Gasteiger partial charge on any atom is -0.456 e. The van der Waals surface area contributed by atoms with E-state index in [1.807, 2.05) is 60.6 Å². The number of ketones is 1. The van der Waals surface area contributed by atoms with Crippen molar-refractivity contribution in [3.8, 4) is 0 Å². The van der Waals surface area contributed by atoms with Crippen LogP contribution in [-0.2, 0) is 42.8 Å². The lowest BCUT2D eigenvalue weighted by Gasteiger charge is -2.49. The van der Waals surface area contributed by atoms with Gasteiger partial charge in [0.2, 0.25) is 5.79 Å². The van der Waals surface area contributed by atoms with Crippen molar-refractivity contribution in [1.82, 2.24) is 4.90 Å². The van der Waals surface area contributed by atoms with E-state index in [0.717, 1.165) is 23.1 Å². The fourth-order valence-electron chi connectivity index (χ4n) is 10.5. The number of carbonyl (C=O) groups is 3. The second-order valence-corrected chi connectivity index (χ2v) is 20.8. The molecule has 0 saturated carbocycles. The number of allylic oxidation sites excluding steroid dienone is 1. The van der Waals surface area contributed by atoms with Crippen molar-refractivity contribution >= 4 is 17.7 Å². The number of amides is 1. The molecule has 0 aromatic heterocycles. The van der Waals surface area contributed by atoms with E-state index in [9.17, 15) is 29.7 Å². The molecule has 1 amide bonds. The Hall–Kier alpha value is -2.49. The number of fused-ring (bicyclic) bond motifs is 7. The Kier molecular flexibility index (Phi) is 17.2. The summed E-state index contributed by atoms with van der Waals surface area (Å²) in [4.78, 5) is 43.7. The molecule has 4 saturated heterocycles. The zero-order valence-corrected chi connectivity index (χ0v) is 40.6. The van der Waals surface area contributed by atoms with E-state index < -0.39 is 71.4 Å². The van der Waals surface area contributed by atoms with Crippen LogP contribution < -0.4 is 0 Å². The van der Waals surface area contributed by atoms with E-state index in [-0.39, 0.29) is 61.1 Å². The van der Waals surface area contributed by atoms with Gasteiger partial charge in [-0.3, -0.25) is 9.59 Å². The molecule has 13 nitrogen and oxygen atoms in total. The van der Waals surface area contributed by atoms with Gasteiger partial charge in [0.1, 0.15) is 12.1 Å². The molecule has 13 heteroatoms. The number of hydrogen-bond donors (Lipinski definition) is 3. The highest BCUT2D eigenvalue weighted by molar-refractivity contribution is 6.39. The van der Waals surface area contributed by atoms with Gasteiger partial charge in [-0.15, -0.1) is 0 Å². The van der Waals surface area contributed by atoms with Gasteiger partial charge in [-0.2, -0.15) is 0 Å². The van der Waals surface area contributed by atoms with Crippen LogP contribution in [0.2, 0.25) is 0 Å². The highest BCUT2D eigenvalue weighted by atomic mass is 16.7. The average molecular weight is 888 g/mol. The quantitative estimate of drug-likeness (QED) is 0.145. The fraction of sp³-hybridized carbons (Fsp3) is 0.820. The molecule has 0 aromatic rings. The third kappa shape index (κ3) is 12.7. The van der Waals surface area contributed by atoms with E-state index in [1.54, 1.807) is 13.8 Å². The summed E-state index contributed by atoms with van der Waals surface area (Å²) in [6, 6.07) is -1.04. The van der Waals surface area contributed by atoms with E-state index in [0.29, 0.717) is 51.4 Å². The van der Waals surface area contributed by atoms with Crippen LogP contribution in [0, 0.1) is 29.6 Å². The number of cyclic esters (lactones) is 1. The van der Waals surface area contributed by atoms with Gasteiger partial charge < -0.3 is 48.6 Å². The Bertz CT molecular complexity index is 1700. The molecule has 15 atom stereocenters. The van der Waals surface area contributed by atoms with Gasteiger partial charge >= 0.3 is 5.97 Å². The number of carbonyl (C=O) groups excluding carboxylic acids is 3. The number of hydrogen-bond acceptors (Lipinski definition) is 12. The monoisotopic (exact) mass is 888 g/mol. The molecule has 4 fully saturated rings. The Labute approximate surface area is 377 Å².